The number of alkyl halides is 2. The number of carbonyl (C=O) groups excluding carboxylic acids is 1. The third-order valence-electron chi connectivity index (χ3n) is 3.43. The predicted octanol–water partition coefficient (Wildman–Crippen LogP) is 1.30. The molecule has 0 radical (unpaired) electrons. The van der Waals surface area contributed by atoms with Crippen molar-refractivity contribution in [1.29, 1.82) is 0 Å². The SMILES string of the molecule is Cc1ccncc1CNC(=O)N1CC(F)(F)CC1CO. The second-order valence-corrected chi connectivity index (χ2v) is 4.99. The zero-order valence-electron chi connectivity index (χ0n) is 11.1. The van der Waals surface area contributed by atoms with E-state index in [1.165, 1.54) is 0 Å². The number of hydrogen-bond acceptors (Lipinski definition) is 3. The molecule has 0 bridgehead atoms. The van der Waals surface area contributed by atoms with Gasteiger partial charge in [0.15, 0.2) is 0 Å². The average molecular weight is 285 g/mol. The van der Waals surface area contributed by atoms with E-state index in [0.29, 0.717) is 0 Å². The molecule has 2 heterocycles. The first kappa shape index (κ1) is 14.6. The maximum absolute atomic E-state index is 13.3. The lowest BCUT2D eigenvalue weighted by Gasteiger charge is -2.22. The maximum Gasteiger partial charge on any atom is 0.318 e. The number of aryl methyl sites for hydroxylation is 1. The Labute approximate surface area is 115 Å². The van der Waals surface area contributed by atoms with E-state index in [9.17, 15) is 13.6 Å². The fraction of sp³-hybridized carbons (Fsp3) is 0.538. The minimum atomic E-state index is -2.94. The van der Waals surface area contributed by atoms with E-state index < -0.39 is 37.6 Å². The molecule has 0 aliphatic carbocycles. The molecule has 1 atom stereocenters. The van der Waals surface area contributed by atoms with Gasteiger partial charge in [0.05, 0.1) is 19.2 Å². The second-order valence-electron chi connectivity index (χ2n) is 4.99. The first-order chi connectivity index (χ1) is 9.43. The number of hydrogen-bond donors (Lipinski definition) is 2. The Balaban J connectivity index is 1.97. The van der Waals surface area contributed by atoms with E-state index in [4.69, 9.17) is 5.11 Å². The van der Waals surface area contributed by atoms with Gasteiger partial charge in [-0.2, -0.15) is 0 Å². The van der Waals surface area contributed by atoms with Crippen LogP contribution in [0.5, 0.6) is 0 Å². The van der Waals surface area contributed by atoms with Gasteiger partial charge in [-0.3, -0.25) is 4.98 Å². The molecule has 110 valence electrons. The number of nitrogens with one attached hydrogen (secondary N) is 1. The molecule has 1 saturated heterocycles. The van der Waals surface area contributed by atoms with E-state index in [2.05, 4.69) is 10.3 Å². The van der Waals surface area contributed by atoms with Crippen molar-refractivity contribution in [2.24, 2.45) is 0 Å². The van der Waals surface area contributed by atoms with Gasteiger partial charge in [0.1, 0.15) is 0 Å². The lowest BCUT2D eigenvalue weighted by Crippen LogP contribution is -2.44. The topological polar surface area (TPSA) is 65.5 Å². The first-order valence-electron chi connectivity index (χ1n) is 6.35. The summed E-state index contributed by atoms with van der Waals surface area (Å²) in [4.78, 5) is 16.9. The Morgan fingerprint density at radius 1 is 1.65 bits per heavy atom. The van der Waals surface area contributed by atoms with E-state index in [1.807, 2.05) is 13.0 Å². The maximum atomic E-state index is 13.3. The average Bonchev–Trinajstić information content (AvgIpc) is 2.73. The molecular weight excluding hydrogens is 268 g/mol. The molecule has 1 aliphatic rings. The van der Waals surface area contributed by atoms with Crippen molar-refractivity contribution in [2.45, 2.75) is 31.9 Å². The van der Waals surface area contributed by atoms with Gasteiger partial charge in [-0.15, -0.1) is 0 Å². The van der Waals surface area contributed by atoms with Gasteiger partial charge in [-0.1, -0.05) is 0 Å². The van der Waals surface area contributed by atoms with Crippen LogP contribution in [-0.4, -0.2) is 46.1 Å². The van der Waals surface area contributed by atoms with Crippen molar-refractivity contribution >= 4 is 6.03 Å². The second kappa shape index (κ2) is 5.70. The van der Waals surface area contributed by atoms with Crippen LogP contribution in [0.2, 0.25) is 0 Å². The molecule has 5 nitrogen and oxygen atoms in total. The zero-order chi connectivity index (χ0) is 14.8. The lowest BCUT2D eigenvalue weighted by molar-refractivity contribution is 0.0141. The molecule has 1 aromatic heterocycles. The highest BCUT2D eigenvalue weighted by Gasteiger charge is 2.46. The highest BCUT2D eigenvalue weighted by Crippen LogP contribution is 2.31. The molecule has 1 aliphatic heterocycles. The number of aromatic nitrogens is 1. The number of aliphatic hydroxyl groups excluding tert-OH is 1. The summed E-state index contributed by atoms with van der Waals surface area (Å²) in [5, 5.41) is 11.7. The highest BCUT2D eigenvalue weighted by molar-refractivity contribution is 5.75. The predicted molar refractivity (Wildman–Crippen MR) is 68.4 cm³/mol. The molecule has 0 spiro atoms. The van der Waals surface area contributed by atoms with Crippen molar-refractivity contribution in [3.8, 4) is 0 Å². The van der Waals surface area contributed by atoms with Crippen molar-refractivity contribution in [3.63, 3.8) is 0 Å². The van der Waals surface area contributed by atoms with Crippen molar-refractivity contribution in [1.82, 2.24) is 15.2 Å². The van der Waals surface area contributed by atoms with Crippen molar-refractivity contribution in [3.05, 3.63) is 29.6 Å². The van der Waals surface area contributed by atoms with E-state index in [0.717, 1.165) is 16.0 Å². The molecule has 1 aromatic rings. The van der Waals surface area contributed by atoms with Crippen LogP contribution in [0.1, 0.15) is 17.5 Å². The van der Waals surface area contributed by atoms with E-state index in [1.54, 1.807) is 12.4 Å². The van der Waals surface area contributed by atoms with Gasteiger partial charge in [-0.05, 0) is 24.1 Å². The molecule has 0 aromatic carbocycles. The van der Waals surface area contributed by atoms with Crippen LogP contribution >= 0.6 is 0 Å². The van der Waals surface area contributed by atoms with Gasteiger partial charge in [0.2, 0.25) is 0 Å². The van der Waals surface area contributed by atoms with Crippen LogP contribution in [0.15, 0.2) is 18.5 Å². The summed E-state index contributed by atoms with van der Waals surface area (Å²) in [6, 6.07) is 0.381. The number of carbonyl (C=O) groups is 1. The normalized spacial score (nSPS) is 21.0. The van der Waals surface area contributed by atoms with Crippen LogP contribution in [-0.2, 0) is 6.54 Å². The molecule has 2 amide bonds. The number of pyridine rings is 1. The number of rotatable bonds is 3. The third-order valence-corrected chi connectivity index (χ3v) is 3.43. The summed E-state index contributed by atoms with van der Waals surface area (Å²) in [5.41, 5.74) is 1.79. The molecule has 1 unspecified atom stereocenters. The van der Waals surface area contributed by atoms with Crippen LogP contribution in [0.25, 0.3) is 0 Å². The minimum Gasteiger partial charge on any atom is -0.394 e. The summed E-state index contributed by atoms with van der Waals surface area (Å²) >= 11 is 0. The third kappa shape index (κ3) is 3.22. The van der Waals surface area contributed by atoms with Crippen LogP contribution in [0.3, 0.4) is 0 Å². The molecule has 1 fully saturated rings. The van der Waals surface area contributed by atoms with Gasteiger partial charge < -0.3 is 15.3 Å². The number of halogens is 2. The largest absolute Gasteiger partial charge is 0.394 e. The summed E-state index contributed by atoms with van der Waals surface area (Å²) in [6.07, 6.45) is 2.77. The summed E-state index contributed by atoms with van der Waals surface area (Å²) in [7, 11) is 0. The molecular formula is C13H17F2N3O2. The fourth-order valence-corrected chi connectivity index (χ4v) is 2.25. The Morgan fingerprint density at radius 3 is 3.05 bits per heavy atom. The summed E-state index contributed by atoms with van der Waals surface area (Å²) in [5.74, 6) is -2.94. The number of amides is 2. The summed E-state index contributed by atoms with van der Waals surface area (Å²) < 4.78 is 26.6. The lowest BCUT2D eigenvalue weighted by atomic mass is 10.1. The molecule has 7 heteroatoms. The smallest absolute Gasteiger partial charge is 0.318 e. The van der Waals surface area contributed by atoms with Crippen molar-refractivity contribution < 1.29 is 18.7 Å². The number of likely N-dealkylation sites (tertiary alicyclic amines) is 1. The highest BCUT2D eigenvalue weighted by atomic mass is 19.3. The first-order valence-corrected chi connectivity index (χ1v) is 6.35. The molecule has 2 N–H and O–H groups in total. The Kier molecular flexibility index (Phi) is 4.17. The molecule has 0 saturated carbocycles. The quantitative estimate of drug-likeness (QED) is 0.880. The van der Waals surface area contributed by atoms with Crippen LogP contribution < -0.4 is 5.32 Å². The van der Waals surface area contributed by atoms with E-state index >= 15 is 0 Å². The summed E-state index contributed by atoms with van der Waals surface area (Å²) in [6.45, 7) is 0.980. The molecule has 2 rings (SSSR count). The number of aliphatic hydroxyl groups is 1. The van der Waals surface area contributed by atoms with Crippen molar-refractivity contribution in [2.75, 3.05) is 13.2 Å². The number of urea groups is 1. The Bertz CT molecular complexity index is 496. The fourth-order valence-electron chi connectivity index (χ4n) is 2.25. The standard InChI is InChI=1S/C13H17F2N3O2/c1-9-2-3-16-5-10(9)6-17-12(20)18-8-13(14,15)4-11(18)7-19/h2-3,5,11,19H,4,6-8H2,1H3,(H,17,20). The Morgan fingerprint density at radius 2 is 2.40 bits per heavy atom. The van der Waals surface area contributed by atoms with Gasteiger partial charge in [0.25, 0.3) is 5.92 Å². The van der Waals surface area contributed by atoms with Crippen LogP contribution in [0, 0.1) is 6.92 Å². The Hall–Kier alpha value is -1.76. The zero-order valence-corrected chi connectivity index (χ0v) is 11.1. The van der Waals surface area contributed by atoms with Gasteiger partial charge in [0, 0.05) is 25.4 Å². The van der Waals surface area contributed by atoms with E-state index in [-0.39, 0.29) is 6.54 Å². The van der Waals surface area contributed by atoms with Crippen LogP contribution in [0.4, 0.5) is 13.6 Å². The monoisotopic (exact) mass is 285 g/mol. The minimum absolute atomic E-state index is 0.221. The number of nitrogens with zero attached hydrogens (tertiary/aromatic N) is 2. The molecule has 20 heavy (non-hydrogen) atoms. The van der Waals surface area contributed by atoms with Gasteiger partial charge in [-0.25, -0.2) is 13.6 Å². The van der Waals surface area contributed by atoms with Gasteiger partial charge >= 0.3 is 6.03 Å².